The van der Waals surface area contributed by atoms with Crippen LogP contribution >= 0.6 is 0 Å². The van der Waals surface area contributed by atoms with Crippen LogP contribution in [0.1, 0.15) is 11.3 Å². The van der Waals surface area contributed by atoms with Crippen LogP contribution in [0.25, 0.3) is 5.82 Å². The van der Waals surface area contributed by atoms with E-state index < -0.39 is 11.7 Å². The van der Waals surface area contributed by atoms with Gasteiger partial charge in [-0.15, -0.1) is 0 Å². The zero-order chi connectivity index (χ0) is 19.7. The van der Waals surface area contributed by atoms with Gasteiger partial charge in [0.15, 0.2) is 5.82 Å². The van der Waals surface area contributed by atoms with Crippen LogP contribution in [0.2, 0.25) is 0 Å². The van der Waals surface area contributed by atoms with Gasteiger partial charge in [-0.05, 0) is 25.1 Å². The Bertz CT molecular complexity index is 944. The van der Waals surface area contributed by atoms with E-state index in [1.165, 1.54) is 12.4 Å². The van der Waals surface area contributed by atoms with Gasteiger partial charge in [0.2, 0.25) is 0 Å². The van der Waals surface area contributed by atoms with Crippen LogP contribution in [0.4, 0.5) is 24.8 Å². The highest BCUT2D eigenvalue weighted by Crippen LogP contribution is 2.29. The van der Waals surface area contributed by atoms with Crippen molar-refractivity contribution in [1.29, 1.82) is 0 Å². The number of anilines is 2. The number of hydrogen-bond donors (Lipinski definition) is 0. The average Bonchev–Trinajstić information content (AvgIpc) is 3.14. The number of alkyl halides is 3. The van der Waals surface area contributed by atoms with Crippen LogP contribution in [0.3, 0.4) is 0 Å². The Hall–Kier alpha value is -3.17. The van der Waals surface area contributed by atoms with Crippen molar-refractivity contribution in [2.24, 2.45) is 0 Å². The maximum atomic E-state index is 12.7. The Balaban J connectivity index is 1.43. The van der Waals surface area contributed by atoms with E-state index in [0.29, 0.717) is 37.8 Å². The van der Waals surface area contributed by atoms with E-state index in [-0.39, 0.29) is 0 Å². The van der Waals surface area contributed by atoms with Crippen molar-refractivity contribution in [2.45, 2.75) is 13.1 Å². The number of aromatic nitrogens is 5. The normalized spacial score (nSPS) is 15.1. The molecule has 0 spiro atoms. The molecule has 1 aliphatic rings. The lowest BCUT2D eigenvalue weighted by Crippen LogP contribution is -2.47. The van der Waals surface area contributed by atoms with Gasteiger partial charge in [0.1, 0.15) is 18.0 Å². The third-order valence-electron chi connectivity index (χ3n) is 4.60. The summed E-state index contributed by atoms with van der Waals surface area (Å²) in [7, 11) is 0. The van der Waals surface area contributed by atoms with E-state index in [1.807, 2.05) is 30.2 Å². The fourth-order valence-corrected chi connectivity index (χ4v) is 3.08. The monoisotopic (exact) mass is 389 g/mol. The minimum atomic E-state index is -4.37. The summed E-state index contributed by atoms with van der Waals surface area (Å²) >= 11 is 0. The first-order chi connectivity index (χ1) is 13.4. The van der Waals surface area contributed by atoms with E-state index in [9.17, 15) is 13.2 Å². The molecule has 1 aliphatic heterocycles. The molecule has 0 saturated carbocycles. The molecular formula is C18H18F3N7. The minimum absolute atomic E-state index is 0.544. The second kappa shape index (κ2) is 7.10. The summed E-state index contributed by atoms with van der Waals surface area (Å²) in [6.07, 6.45) is -0.145. The smallest absolute Gasteiger partial charge is 0.353 e. The largest absolute Gasteiger partial charge is 0.417 e. The summed E-state index contributed by atoms with van der Waals surface area (Å²) in [5.41, 5.74) is 0.162. The standard InChI is InChI=1S/C18H18F3N7/c1-13-4-5-28(25-13)17-10-16(23-12-24-17)27-8-6-26(7-9-27)15-3-2-14(11-22-15)18(19,20)21/h2-5,10-12H,6-9H2,1H3. The summed E-state index contributed by atoms with van der Waals surface area (Å²) < 4.78 is 39.7. The van der Waals surface area contributed by atoms with E-state index in [0.717, 1.165) is 23.8 Å². The van der Waals surface area contributed by atoms with Crippen LogP contribution in [-0.4, -0.2) is 50.9 Å². The SMILES string of the molecule is Cc1ccn(-c2cc(N3CCN(c4ccc(C(F)(F)F)cn4)CC3)ncn2)n1. The fraction of sp³-hybridized carbons (Fsp3) is 0.333. The summed E-state index contributed by atoms with van der Waals surface area (Å²) in [6, 6.07) is 6.26. The quantitative estimate of drug-likeness (QED) is 0.687. The lowest BCUT2D eigenvalue weighted by Gasteiger charge is -2.36. The van der Waals surface area contributed by atoms with Gasteiger partial charge in [0, 0.05) is 44.6 Å². The van der Waals surface area contributed by atoms with Gasteiger partial charge < -0.3 is 9.80 Å². The molecule has 1 fully saturated rings. The van der Waals surface area contributed by atoms with Crippen LogP contribution in [-0.2, 0) is 6.18 Å². The molecular weight excluding hydrogens is 371 g/mol. The third-order valence-corrected chi connectivity index (χ3v) is 4.60. The molecule has 3 aromatic rings. The highest BCUT2D eigenvalue weighted by atomic mass is 19.4. The van der Waals surface area contributed by atoms with Crippen LogP contribution in [0, 0.1) is 6.92 Å². The highest BCUT2D eigenvalue weighted by molar-refractivity contribution is 5.47. The van der Waals surface area contributed by atoms with Gasteiger partial charge in [0.05, 0.1) is 11.3 Å². The molecule has 28 heavy (non-hydrogen) atoms. The number of nitrogens with zero attached hydrogens (tertiary/aromatic N) is 7. The summed E-state index contributed by atoms with van der Waals surface area (Å²) in [4.78, 5) is 16.7. The molecule has 0 unspecified atom stereocenters. The topological polar surface area (TPSA) is 63.0 Å². The number of hydrogen-bond acceptors (Lipinski definition) is 6. The average molecular weight is 389 g/mol. The number of halogens is 3. The van der Waals surface area contributed by atoms with Crippen LogP contribution < -0.4 is 9.80 Å². The predicted octanol–water partition coefficient (Wildman–Crippen LogP) is 2.71. The molecule has 0 bridgehead atoms. The Labute approximate surface area is 159 Å². The maximum Gasteiger partial charge on any atom is 0.417 e. The maximum absolute atomic E-state index is 12.7. The molecule has 146 valence electrons. The lowest BCUT2D eigenvalue weighted by molar-refractivity contribution is -0.137. The van der Waals surface area contributed by atoms with E-state index in [4.69, 9.17) is 0 Å². The fourth-order valence-electron chi connectivity index (χ4n) is 3.08. The zero-order valence-corrected chi connectivity index (χ0v) is 15.1. The van der Waals surface area contributed by atoms with Crippen LogP contribution in [0.5, 0.6) is 0 Å². The molecule has 0 atom stereocenters. The van der Waals surface area contributed by atoms with Crippen molar-refractivity contribution in [1.82, 2.24) is 24.7 Å². The summed E-state index contributed by atoms with van der Waals surface area (Å²) in [6.45, 7) is 4.54. The van der Waals surface area contributed by atoms with E-state index >= 15 is 0 Å². The van der Waals surface area contributed by atoms with Crippen molar-refractivity contribution >= 4 is 11.6 Å². The van der Waals surface area contributed by atoms with Crippen LogP contribution in [0.15, 0.2) is 43.0 Å². The number of rotatable bonds is 3. The third kappa shape index (κ3) is 3.75. The zero-order valence-electron chi connectivity index (χ0n) is 15.1. The first kappa shape index (κ1) is 18.2. The Morgan fingerprint density at radius 1 is 0.857 bits per heavy atom. The molecule has 0 amide bonds. The Morgan fingerprint density at radius 3 is 2.11 bits per heavy atom. The number of piperazine rings is 1. The van der Waals surface area contributed by atoms with Crippen molar-refractivity contribution in [3.05, 3.63) is 54.2 Å². The molecule has 7 nitrogen and oxygen atoms in total. The number of aryl methyl sites for hydroxylation is 1. The molecule has 3 aromatic heterocycles. The first-order valence-corrected chi connectivity index (χ1v) is 8.78. The molecule has 10 heteroatoms. The lowest BCUT2D eigenvalue weighted by atomic mass is 10.2. The van der Waals surface area contributed by atoms with Gasteiger partial charge in [-0.25, -0.2) is 19.6 Å². The van der Waals surface area contributed by atoms with Crippen molar-refractivity contribution in [3.63, 3.8) is 0 Å². The van der Waals surface area contributed by atoms with E-state index in [1.54, 1.807) is 4.68 Å². The summed E-state index contributed by atoms with van der Waals surface area (Å²) in [5, 5.41) is 4.35. The van der Waals surface area contributed by atoms with Gasteiger partial charge in [-0.1, -0.05) is 0 Å². The van der Waals surface area contributed by atoms with Crippen molar-refractivity contribution < 1.29 is 13.2 Å². The molecule has 0 aromatic carbocycles. The first-order valence-electron chi connectivity index (χ1n) is 8.78. The van der Waals surface area contributed by atoms with Gasteiger partial charge >= 0.3 is 6.18 Å². The van der Waals surface area contributed by atoms with Crippen molar-refractivity contribution in [2.75, 3.05) is 36.0 Å². The van der Waals surface area contributed by atoms with E-state index in [2.05, 4.69) is 25.0 Å². The molecule has 4 rings (SSSR count). The molecule has 0 N–H and O–H groups in total. The van der Waals surface area contributed by atoms with Gasteiger partial charge in [-0.3, -0.25) is 0 Å². The molecule has 0 radical (unpaired) electrons. The predicted molar refractivity (Wildman–Crippen MR) is 97.6 cm³/mol. The summed E-state index contributed by atoms with van der Waals surface area (Å²) in [5.74, 6) is 2.02. The minimum Gasteiger partial charge on any atom is -0.353 e. The van der Waals surface area contributed by atoms with Gasteiger partial charge in [-0.2, -0.15) is 18.3 Å². The second-order valence-electron chi connectivity index (χ2n) is 6.51. The molecule has 1 saturated heterocycles. The Morgan fingerprint density at radius 2 is 1.54 bits per heavy atom. The molecule has 4 heterocycles. The second-order valence-corrected chi connectivity index (χ2v) is 6.51. The van der Waals surface area contributed by atoms with Gasteiger partial charge in [0.25, 0.3) is 0 Å². The van der Waals surface area contributed by atoms with Crippen molar-refractivity contribution in [3.8, 4) is 5.82 Å². The Kier molecular flexibility index (Phi) is 4.62. The number of pyridine rings is 1. The highest BCUT2D eigenvalue weighted by Gasteiger charge is 2.31. The molecule has 0 aliphatic carbocycles.